The van der Waals surface area contributed by atoms with Crippen LogP contribution in [0.2, 0.25) is 0 Å². The molecule has 0 aliphatic heterocycles. The molecule has 0 radical (unpaired) electrons. The van der Waals surface area contributed by atoms with Crippen LogP contribution in [-0.2, 0) is 13.2 Å². The molecule has 5 nitrogen and oxygen atoms in total. The van der Waals surface area contributed by atoms with Crippen molar-refractivity contribution < 1.29 is 9.50 Å². The second kappa shape index (κ2) is 6.03. The van der Waals surface area contributed by atoms with Crippen LogP contribution >= 0.6 is 11.8 Å². The molecule has 7 heteroatoms. The van der Waals surface area contributed by atoms with Crippen molar-refractivity contribution in [3.05, 3.63) is 40.1 Å². The number of nitrogens with zero attached hydrogens (tertiary/aromatic N) is 2. The Balaban J connectivity index is 2.28. The third kappa shape index (κ3) is 3.05. The lowest BCUT2D eigenvalue weighted by atomic mass is 10.2. The minimum Gasteiger partial charge on any atom is -0.392 e. The zero-order valence-corrected chi connectivity index (χ0v) is 11.2. The predicted octanol–water partition coefficient (Wildman–Crippen LogP) is 1.76. The number of nitrogens with one attached hydrogen (secondary N) is 1. The molecule has 0 amide bonds. The van der Waals surface area contributed by atoms with Gasteiger partial charge in [0.1, 0.15) is 5.82 Å². The normalized spacial score (nSPS) is 10.9. The number of aliphatic hydroxyl groups is 1. The van der Waals surface area contributed by atoms with Crippen LogP contribution in [0.15, 0.2) is 33.0 Å². The average Bonchev–Trinajstić information content (AvgIpc) is 2.74. The number of hydrogen-bond acceptors (Lipinski definition) is 4. The topological polar surface area (TPSA) is 70.9 Å². The van der Waals surface area contributed by atoms with Crippen LogP contribution in [0.25, 0.3) is 0 Å². The fourth-order valence-corrected chi connectivity index (χ4v) is 2.49. The number of aromatic nitrogens is 3. The fourth-order valence-electron chi connectivity index (χ4n) is 1.63. The summed E-state index contributed by atoms with van der Waals surface area (Å²) in [6.45, 7) is 2.28. The van der Waals surface area contributed by atoms with Crippen LogP contribution in [0.5, 0.6) is 0 Å². The third-order valence-electron chi connectivity index (χ3n) is 2.55. The van der Waals surface area contributed by atoms with Crippen molar-refractivity contribution in [1.29, 1.82) is 0 Å². The zero-order valence-electron chi connectivity index (χ0n) is 10.4. The lowest BCUT2D eigenvalue weighted by Crippen LogP contribution is -2.17. The molecule has 0 saturated heterocycles. The van der Waals surface area contributed by atoms with Crippen molar-refractivity contribution in [2.45, 2.75) is 36.5 Å². The molecular formula is C12H14FN3O2S. The second-order valence-electron chi connectivity index (χ2n) is 3.99. The Kier molecular flexibility index (Phi) is 4.39. The molecular weight excluding hydrogens is 269 g/mol. The van der Waals surface area contributed by atoms with E-state index in [0.29, 0.717) is 22.2 Å². The number of H-pyrrole nitrogens is 1. The molecule has 2 rings (SSSR count). The monoisotopic (exact) mass is 283 g/mol. The molecule has 0 saturated carbocycles. The van der Waals surface area contributed by atoms with E-state index >= 15 is 0 Å². The molecule has 0 fully saturated rings. The van der Waals surface area contributed by atoms with Crippen molar-refractivity contribution in [3.8, 4) is 0 Å². The van der Waals surface area contributed by atoms with E-state index in [9.17, 15) is 9.18 Å². The molecule has 0 aliphatic rings. The summed E-state index contributed by atoms with van der Waals surface area (Å²) < 4.78 is 15.3. The molecule has 2 N–H and O–H groups in total. The number of aliphatic hydroxyl groups excluding tert-OH is 1. The Morgan fingerprint density at radius 1 is 1.53 bits per heavy atom. The molecule has 0 aliphatic carbocycles. The molecule has 1 aromatic carbocycles. The first kappa shape index (κ1) is 13.8. The summed E-state index contributed by atoms with van der Waals surface area (Å²) in [5.74, 6) is -0.435. The van der Waals surface area contributed by atoms with Gasteiger partial charge in [-0.1, -0.05) is 13.0 Å². The highest BCUT2D eigenvalue weighted by Crippen LogP contribution is 2.28. The molecule has 102 valence electrons. The van der Waals surface area contributed by atoms with Gasteiger partial charge in [0.2, 0.25) is 0 Å². The second-order valence-corrected chi connectivity index (χ2v) is 5.00. The molecule has 0 atom stereocenters. The highest BCUT2D eigenvalue weighted by atomic mass is 32.2. The number of aromatic amines is 1. The third-order valence-corrected chi connectivity index (χ3v) is 3.60. The van der Waals surface area contributed by atoms with Gasteiger partial charge in [-0.3, -0.25) is 4.57 Å². The first-order valence-electron chi connectivity index (χ1n) is 5.88. The Bertz CT molecular complexity index is 624. The maximum atomic E-state index is 13.8. The molecule has 0 bridgehead atoms. The van der Waals surface area contributed by atoms with Gasteiger partial charge in [-0.05, 0) is 35.9 Å². The van der Waals surface area contributed by atoms with Crippen molar-refractivity contribution in [2.24, 2.45) is 0 Å². The quantitative estimate of drug-likeness (QED) is 0.877. The Morgan fingerprint density at radius 3 is 2.95 bits per heavy atom. The van der Waals surface area contributed by atoms with Gasteiger partial charge in [0.05, 0.1) is 11.5 Å². The number of halogens is 1. The SMILES string of the molecule is CCCn1c(Sc2ccc(CO)cc2F)n[nH]c1=O. The lowest BCUT2D eigenvalue weighted by Gasteiger charge is -2.05. The molecule has 19 heavy (non-hydrogen) atoms. The molecule has 1 aromatic heterocycles. The first-order chi connectivity index (χ1) is 9.15. The number of rotatable bonds is 5. The maximum absolute atomic E-state index is 13.8. The van der Waals surface area contributed by atoms with Gasteiger partial charge in [0, 0.05) is 6.54 Å². The summed E-state index contributed by atoms with van der Waals surface area (Å²) in [5, 5.41) is 15.6. The summed E-state index contributed by atoms with van der Waals surface area (Å²) in [6, 6.07) is 4.48. The van der Waals surface area contributed by atoms with E-state index in [1.165, 1.54) is 10.6 Å². The van der Waals surface area contributed by atoms with Gasteiger partial charge >= 0.3 is 5.69 Å². The van der Waals surface area contributed by atoms with Crippen LogP contribution < -0.4 is 5.69 Å². The van der Waals surface area contributed by atoms with Gasteiger partial charge in [-0.15, -0.1) is 5.10 Å². The largest absolute Gasteiger partial charge is 0.392 e. The standard InChI is InChI=1S/C12H14FN3O2S/c1-2-5-16-11(18)14-15-12(16)19-10-4-3-8(7-17)6-9(10)13/h3-4,6,17H,2,5,7H2,1H3,(H,14,18). The summed E-state index contributed by atoms with van der Waals surface area (Å²) in [6.07, 6.45) is 0.791. The van der Waals surface area contributed by atoms with Crippen molar-refractivity contribution in [2.75, 3.05) is 0 Å². The Hall–Kier alpha value is -1.60. The summed E-state index contributed by atoms with van der Waals surface area (Å²) in [5.41, 5.74) is 0.214. The van der Waals surface area contributed by atoms with Gasteiger partial charge < -0.3 is 5.11 Å². The Morgan fingerprint density at radius 2 is 2.32 bits per heavy atom. The predicted molar refractivity (Wildman–Crippen MR) is 69.6 cm³/mol. The van der Waals surface area contributed by atoms with Crippen LogP contribution in [0.4, 0.5) is 4.39 Å². The minimum atomic E-state index is -0.435. The smallest absolute Gasteiger partial charge is 0.343 e. The molecule has 0 spiro atoms. The van der Waals surface area contributed by atoms with Gasteiger partial charge in [0.25, 0.3) is 0 Å². The summed E-state index contributed by atoms with van der Waals surface area (Å²) >= 11 is 1.08. The summed E-state index contributed by atoms with van der Waals surface area (Å²) in [7, 11) is 0. The minimum absolute atomic E-state index is 0.204. The van der Waals surface area contributed by atoms with E-state index in [0.717, 1.165) is 18.2 Å². The van der Waals surface area contributed by atoms with E-state index in [1.54, 1.807) is 12.1 Å². The van der Waals surface area contributed by atoms with Gasteiger partial charge in [-0.2, -0.15) is 0 Å². The zero-order chi connectivity index (χ0) is 13.8. The first-order valence-corrected chi connectivity index (χ1v) is 6.69. The maximum Gasteiger partial charge on any atom is 0.343 e. The van der Waals surface area contributed by atoms with Crippen molar-refractivity contribution in [1.82, 2.24) is 14.8 Å². The number of benzene rings is 1. The molecule has 2 aromatic rings. The van der Waals surface area contributed by atoms with Crippen LogP contribution in [0.1, 0.15) is 18.9 Å². The van der Waals surface area contributed by atoms with Crippen LogP contribution in [0, 0.1) is 5.82 Å². The van der Waals surface area contributed by atoms with Crippen LogP contribution in [0.3, 0.4) is 0 Å². The van der Waals surface area contributed by atoms with E-state index in [-0.39, 0.29) is 12.3 Å². The molecule has 1 heterocycles. The van der Waals surface area contributed by atoms with E-state index in [4.69, 9.17) is 5.11 Å². The summed E-state index contributed by atoms with van der Waals surface area (Å²) in [4.78, 5) is 11.9. The van der Waals surface area contributed by atoms with Crippen molar-refractivity contribution >= 4 is 11.8 Å². The lowest BCUT2D eigenvalue weighted by molar-refractivity contribution is 0.281. The highest BCUT2D eigenvalue weighted by molar-refractivity contribution is 7.99. The molecule has 0 unspecified atom stereocenters. The van der Waals surface area contributed by atoms with Crippen LogP contribution in [-0.4, -0.2) is 19.9 Å². The average molecular weight is 283 g/mol. The van der Waals surface area contributed by atoms with Gasteiger partial charge in [-0.25, -0.2) is 14.3 Å². The van der Waals surface area contributed by atoms with E-state index in [2.05, 4.69) is 10.2 Å². The van der Waals surface area contributed by atoms with E-state index in [1.807, 2.05) is 6.92 Å². The highest BCUT2D eigenvalue weighted by Gasteiger charge is 2.12. The van der Waals surface area contributed by atoms with Crippen molar-refractivity contribution in [3.63, 3.8) is 0 Å². The Labute approximate surface area is 113 Å². The number of hydrogen-bond donors (Lipinski definition) is 2. The fraction of sp³-hybridized carbons (Fsp3) is 0.333. The van der Waals surface area contributed by atoms with Gasteiger partial charge in [0.15, 0.2) is 5.16 Å². The van der Waals surface area contributed by atoms with E-state index < -0.39 is 5.82 Å².